The molecule has 0 spiro atoms. The second kappa shape index (κ2) is 11.9. The topological polar surface area (TPSA) is 143 Å². The van der Waals surface area contributed by atoms with Gasteiger partial charge in [0, 0.05) is 16.7 Å². The van der Waals surface area contributed by atoms with E-state index < -0.39 is 131 Å². The lowest BCUT2D eigenvalue weighted by Crippen LogP contribution is -2.06. The fourth-order valence-corrected chi connectivity index (χ4v) is 4.45. The fourth-order valence-electron chi connectivity index (χ4n) is 4.45. The third-order valence-electron chi connectivity index (χ3n) is 6.55. The Morgan fingerprint density at radius 3 is 0.957 bits per heavy atom. The van der Waals surface area contributed by atoms with E-state index in [9.17, 15) is 42.1 Å². The van der Waals surface area contributed by atoms with E-state index >= 15 is 22.0 Å². The smallest absolute Gasteiger partial charge is 0.180 e. The zero-order valence-electron chi connectivity index (χ0n) is 21.9. The van der Waals surface area contributed by atoms with Crippen LogP contribution in [0.4, 0.5) is 48.3 Å². The van der Waals surface area contributed by atoms with Crippen LogP contribution in [0, 0.1) is 132 Å². The highest BCUT2D eigenvalue weighted by molar-refractivity contribution is 6.12. The Morgan fingerprint density at radius 1 is 0.383 bits per heavy atom. The summed E-state index contributed by atoms with van der Waals surface area (Å²) in [5.41, 5.74) is -19.4. The van der Waals surface area contributed by atoms with Crippen molar-refractivity contribution in [1.29, 1.82) is 31.6 Å². The summed E-state index contributed by atoms with van der Waals surface area (Å²) in [6, 6.07) is 5.84. The van der Waals surface area contributed by atoms with Crippen molar-refractivity contribution in [1.82, 2.24) is 0 Å². The molecule has 0 saturated heterocycles. The Hall–Kier alpha value is -6.95. The zero-order valence-corrected chi connectivity index (χ0v) is 21.9. The lowest BCUT2D eigenvalue weighted by atomic mass is 9.99. The molecule has 47 heavy (non-hydrogen) atoms. The van der Waals surface area contributed by atoms with Gasteiger partial charge in [0.15, 0.2) is 58.2 Å². The van der Waals surface area contributed by atoms with Gasteiger partial charge in [-0.25, -0.2) is 48.3 Å². The maximum Gasteiger partial charge on any atom is 0.180 e. The first-order valence-corrected chi connectivity index (χ1v) is 11.7. The van der Waals surface area contributed by atoms with Crippen molar-refractivity contribution in [2.45, 2.75) is 0 Å². The van der Waals surface area contributed by atoms with Gasteiger partial charge in [-0.05, 0) is 6.07 Å². The van der Waals surface area contributed by atoms with Gasteiger partial charge in [0.05, 0.1) is 39.0 Å². The lowest BCUT2D eigenvalue weighted by Gasteiger charge is -2.08. The molecule has 228 valence electrons. The van der Waals surface area contributed by atoms with Crippen LogP contribution in [0.2, 0.25) is 0 Å². The molecule has 3 aromatic carbocycles. The van der Waals surface area contributed by atoms with Crippen molar-refractivity contribution in [3.05, 3.63) is 120 Å². The van der Waals surface area contributed by atoms with Gasteiger partial charge < -0.3 is 0 Å². The van der Waals surface area contributed by atoms with Crippen LogP contribution in [-0.2, 0) is 0 Å². The molecular weight excluding hydrogens is 653 g/mol. The van der Waals surface area contributed by atoms with Crippen LogP contribution in [0.3, 0.4) is 0 Å². The van der Waals surface area contributed by atoms with Crippen molar-refractivity contribution in [2.24, 2.45) is 0 Å². The van der Waals surface area contributed by atoms with Gasteiger partial charge in [-0.1, -0.05) is 0 Å². The fraction of sp³-hybridized carbons (Fsp3) is 0. The quantitative estimate of drug-likeness (QED) is 0.168. The first kappa shape index (κ1) is 33.0. The first-order chi connectivity index (χ1) is 22.2. The molecule has 0 bridgehead atoms. The van der Waals surface area contributed by atoms with Gasteiger partial charge in [-0.2, -0.15) is 31.6 Å². The van der Waals surface area contributed by atoms with Crippen LogP contribution in [0.1, 0.15) is 33.4 Å². The highest BCUT2D eigenvalue weighted by Gasteiger charge is 2.46. The lowest BCUT2D eigenvalue weighted by molar-refractivity contribution is 0.446. The third-order valence-corrected chi connectivity index (χ3v) is 6.55. The van der Waals surface area contributed by atoms with E-state index in [2.05, 4.69) is 0 Å². The summed E-state index contributed by atoms with van der Waals surface area (Å²) in [6.45, 7) is 0. The second-order valence-electron chi connectivity index (χ2n) is 8.84. The monoisotopic (exact) mass is 654 g/mol. The number of nitriles is 6. The molecule has 1 aliphatic rings. The molecule has 6 nitrogen and oxygen atoms in total. The van der Waals surface area contributed by atoms with E-state index in [1.165, 1.54) is 0 Å². The average Bonchev–Trinajstić information content (AvgIpc) is 3.77. The van der Waals surface area contributed by atoms with Gasteiger partial charge in [-0.15, -0.1) is 0 Å². The summed E-state index contributed by atoms with van der Waals surface area (Å²) in [6.07, 6.45) is 0. The number of nitrogens with zero attached hydrogens (tertiary/aromatic N) is 6. The van der Waals surface area contributed by atoms with E-state index in [1.54, 1.807) is 0 Å². The first-order valence-electron chi connectivity index (χ1n) is 11.7. The number of hydrogen-bond donors (Lipinski definition) is 0. The molecule has 4 rings (SSSR count). The van der Waals surface area contributed by atoms with Gasteiger partial charge in [-0.3, -0.25) is 0 Å². The Morgan fingerprint density at radius 2 is 0.681 bits per heavy atom. The van der Waals surface area contributed by atoms with Crippen molar-refractivity contribution in [3.8, 4) is 36.4 Å². The van der Waals surface area contributed by atoms with Gasteiger partial charge in [0.2, 0.25) is 0 Å². The molecule has 0 radical (unpaired) electrons. The molecule has 0 aliphatic heterocycles. The van der Waals surface area contributed by atoms with Crippen molar-refractivity contribution in [2.75, 3.05) is 0 Å². The number of hydrogen-bond acceptors (Lipinski definition) is 6. The van der Waals surface area contributed by atoms with Crippen LogP contribution in [0.5, 0.6) is 0 Å². The molecule has 1 aliphatic carbocycles. The largest absolute Gasteiger partial charge is 0.206 e. The van der Waals surface area contributed by atoms with Crippen LogP contribution in [0.25, 0.3) is 16.7 Å². The maximum atomic E-state index is 15.0. The summed E-state index contributed by atoms with van der Waals surface area (Å²) in [5, 5.41) is 56.0. The van der Waals surface area contributed by atoms with Crippen LogP contribution >= 0.6 is 0 Å². The minimum atomic E-state index is -2.47. The molecule has 1 fully saturated rings. The number of halogens is 11. The molecule has 0 N–H and O–H groups in total. The number of rotatable bonds is 3. The van der Waals surface area contributed by atoms with E-state index in [4.69, 9.17) is 15.8 Å². The molecule has 1 saturated carbocycles. The molecule has 17 heteroatoms. The predicted molar refractivity (Wildman–Crippen MR) is 131 cm³/mol. The number of allylic oxidation sites excluding steroid dienone is 6. The standard InChI is InChI=1S/C30HF11N6/c31-14-1-8(2-42)21(32)26(37)15(14)9(3-43)16-17(10(4-44)19-27(38)22(33)12(6-46)23(34)28(19)39)18(16)11(5-45)20-29(40)24(35)13(7-47)25(36)30(20)41/h1H/b16-9-,17-10?,18-11-. The van der Waals surface area contributed by atoms with E-state index in [0.29, 0.717) is 0 Å². The van der Waals surface area contributed by atoms with Crippen LogP contribution in [-0.4, -0.2) is 0 Å². The van der Waals surface area contributed by atoms with Gasteiger partial charge in [0.1, 0.15) is 53.4 Å². The Labute approximate surface area is 253 Å². The van der Waals surface area contributed by atoms with E-state index in [-0.39, 0.29) is 6.07 Å². The molecule has 0 heterocycles. The summed E-state index contributed by atoms with van der Waals surface area (Å²) in [7, 11) is 0. The maximum absolute atomic E-state index is 15.0. The molecule has 0 atom stereocenters. The van der Waals surface area contributed by atoms with Crippen LogP contribution < -0.4 is 0 Å². The summed E-state index contributed by atoms with van der Waals surface area (Å²) < 4.78 is 163. The van der Waals surface area contributed by atoms with Gasteiger partial charge in [0.25, 0.3) is 0 Å². The molecular formula is C30HF11N6. The normalized spacial score (nSPS) is 14.9. The van der Waals surface area contributed by atoms with E-state index in [0.717, 1.165) is 36.4 Å². The molecule has 0 aromatic heterocycles. The Kier molecular flexibility index (Phi) is 8.31. The second-order valence-corrected chi connectivity index (χ2v) is 8.84. The molecule has 0 unspecified atom stereocenters. The minimum Gasteiger partial charge on any atom is -0.206 e. The Balaban J connectivity index is 2.35. The summed E-state index contributed by atoms with van der Waals surface area (Å²) in [4.78, 5) is 0. The van der Waals surface area contributed by atoms with Crippen molar-refractivity contribution in [3.63, 3.8) is 0 Å². The van der Waals surface area contributed by atoms with Crippen molar-refractivity contribution >= 4 is 16.7 Å². The summed E-state index contributed by atoms with van der Waals surface area (Å²) >= 11 is 0. The SMILES string of the molecule is N#CC(=C1C(=C(\C#N)c2c(F)cc(C#N)c(F)c2F)/C1=C(\C#N)c1c(F)c(F)c(C#N)c(F)c1F)c1c(F)c(F)c(C#N)c(F)c1F. The minimum absolute atomic E-state index is 0.0482. The predicted octanol–water partition coefficient (Wildman–Crippen LogP) is 7.08. The Bertz CT molecular complexity index is 2210. The van der Waals surface area contributed by atoms with E-state index in [1.807, 2.05) is 0 Å². The molecule has 3 aromatic rings. The highest BCUT2D eigenvalue weighted by Crippen LogP contribution is 2.57. The number of benzene rings is 3. The highest BCUT2D eigenvalue weighted by atomic mass is 19.2. The van der Waals surface area contributed by atoms with Gasteiger partial charge >= 0.3 is 0 Å². The third kappa shape index (κ3) is 4.68. The van der Waals surface area contributed by atoms with Crippen LogP contribution in [0.15, 0.2) is 22.8 Å². The molecule has 0 amide bonds. The van der Waals surface area contributed by atoms with Crippen molar-refractivity contribution < 1.29 is 48.3 Å². The average molecular weight is 654 g/mol. The zero-order chi connectivity index (χ0) is 35.2. The summed E-state index contributed by atoms with van der Waals surface area (Å²) in [5.74, 6) is -25.8.